The van der Waals surface area contributed by atoms with Gasteiger partial charge in [-0.2, -0.15) is 5.06 Å². The highest BCUT2D eigenvalue weighted by Crippen LogP contribution is 2.44. The number of rotatable bonds is 3. The maximum absolute atomic E-state index is 12.5. The van der Waals surface area contributed by atoms with E-state index in [1.807, 2.05) is 25.8 Å². The number of benzene rings is 1. The largest absolute Gasteiger partial charge is 0.507 e. The summed E-state index contributed by atoms with van der Waals surface area (Å²) in [4.78, 5) is 18.0. The van der Waals surface area contributed by atoms with Crippen LogP contribution in [0, 0.1) is 13.8 Å². The predicted octanol–water partition coefficient (Wildman–Crippen LogP) is 3.57. The SMILES string of the molecule is CCON1CCC2(CC1)OC(=O)C(c1c(C)cc(Cl)cc1C)=C2O. The average molecular weight is 352 g/mol. The van der Waals surface area contributed by atoms with Gasteiger partial charge >= 0.3 is 5.97 Å². The second kappa shape index (κ2) is 6.39. The highest BCUT2D eigenvalue weighted by atomic mass is 35.5. The minimum atomic E-state index is -0.932. The van der Waals surface area contributed by atoms with Crippen LogP contribution in [0.4, 0.5) is 0 Å². The normalized spacial score (nSPS) is 20.8. The van der Waals surface area contributed by atoms with E-state index in [0.717, 1.165) is 11.1 Å². The highest BCUT2D eigenvalue weighted by Gasteiger charge is 2.50. The van der Waals surface area contributed by atoms with Crippen molar-refractivity contribution in [3.8, 4) is 0 Å². The standard InChI is InChI=1S/C18H22ClNO4/c1-4-23-20-7-5-18(6-8-20)16(21)15(17(22)24-18)14-11(2)9-13(19)10-12(14)3/h9-10,21H,4-8H2,1-3H3. The Morgan fingerprint density at radius 3 is 2.42 bits per heavy atom. The van der Waals surface area contributed by atoms with Crippen molar-refractivity contribution in [1.29, 1.82) is 0 Å². The summed E-state index contributed by atoms with van der Waals surface area (Å²) in [5.41, 5.74) is 1.75. The van der Waals surface area contributed by atoms with Crippen LogP contribution in [0.15, 0.2) is 17.9 Å². The number of esters is 1. The van der Waals surface area contributed by atoms with Gasteiger partial charge in [0.2, 0.25) is 0 Å². The fraction of sp³-hybridized carbons (Fsp3) is 0.500. The van der Waals surface area contributed by atoms with Crippen LogP contribution in [-0.2, 0) is 14.4 Å². The molecule has 5 nitrogen and oxygen atoms in total. The lowest BCUT2D eigenvalue weighted by atomic mass is 9.86. The van der Waals surface area contributed by atoms with Crippen LogP contribution in [0.1, 0.15) is 36.5 Å². The number of carbonyl (C=O) groups is 1. The summed E-state index contributed by atoms with van der Waals surface area (Å²) < 4.78 is 5.66. The molecule has 0 atom stereocenters. The van der Waals surface area contributed by atoms with Gasteiger partial charge in [0.15, 0.2) is 11.4 Å². The van der Waals surface area contributed by atoms with Crippen molar-refractivity contribution < 1.29 is 19.5 Å². The third-order valence-corrected chi connectivity index (χ3v) is 4.97. The van der Waals surface area contributed by atoms with Crippen molar-refractivity contribution in [3.05, 3.63) is 39.6 Å². The summed E-state index contributed by atoms with van der Waals surface area (Å²) in [5, 5.41) is 13.3. The smallest absolute Gasteiger partial charge is 0.343 e. The molecule has 2 aliphatic heterocycles. The van der Waals surface area contributed by atoms with Gasteiger partial charge in [0.05, 0.1) is 6.61 Å². The fourth-order valence-corrected chi connectivity index (χ4v) is 3.95. The van der Waals surface area contributed by atoms with Gasteiger partial charge in [-0.3, -0.25) is 4.84 Å². The van der Waals surface area contributed by atoms with Crippen molar-refractivity contribution in [2.75, 3.05) is 19.7 Å². The molecule has 6 heteroatoms. The molecule has 0 aromatic heterocycles. The molecule has 2 heterocycles. The fourth-order valence-electron chi connectivity index (χ4n) is 3.62. The summed E-state index contributed by atoms with van der Waals surface area (Å²) in [7, 11) is 0. The molecule has 0 unspecified atom stereocenters. The van der Waals surface area contributed by atoms with Crippen LogP contribution in [0.2, 0.25) is 5.02 Å². The van der Waals surface area contributed by atoms with Gasteiger partial charge in [0, 0.05) is 31.0 Å². The predicted molar refractivity (Wildman–Crippen MR) is 91.7 cm³/mol. The molecule has 3 rings (SSSR count). The quantitative estimate of drug-likeness (QED) is 0.844. The van der Waals surface area contributed by atoms with Crippen molar-refractivity contribution in [2.24, 2.45) is 0 Å². The first-order chi connectivity index (χ1) is 11.4. The van der Waals surface area contributed by atoms with Crippen LogP contribution >= 0.6 is 11.6 Å². The first-order valence-corrected chi connectivity index (χ1v) is 8.58. The molecule has 130 valence electrons. The average Bonchev–Trinajstić information content (AvgIpc) is 2.74. The third-order valence-electron chi connectivity index (χ3n) is 4.75. The van der Waals surface area contributed by atoms with Crippen molar-refractivity contribution in [3.63, 3.8) is 0 Å². The van der Waals surface area contributed by atoms with Crippen LogP contribution in [0.5, 0.6) is 0 Å². The number of nitrogens with zero attached hydrogens (tertiary/aromatic N) is 1. The summed E-state index contributed by atoms with van der Waals surface area (Å²) in [6.07, 6.45) is 1.03. The second-order valence-electron chi connectivity index (χ2n) is 6.37. The van der Waals surface area contributed by atoms with Crippen LogP contribution in [0.25, 0.3) is 5.57 Å². The molecule has 1 spiro atoms. The number of halogens is 1. The zero-order chi connectivity index (χ0) is 17.5. The molecular formula is C18H22ClNO4. The second-order valence-corrected chi connectivity index (χ2v) is 6.81. The molecule has 0 radical (unpaired) electrons. The molecule has 0 aliphatic carbocycles. The van der Waals surface area contributed by atoms with E-state index in [-0.39, 0.29) is 11.3 Å². The van der Waals surface area contributed by atoms with E-state index in [1.54, 1.807) is 12.1 Å². The lowest BCUT2D eigenvalue weighted by molar-refractivity contribution is -0.195. The molecule has 0 saturated carbocycles. The van der Waals surface area contributed by atoms with E-state index in [4.69, 9.17) is 21.2 Å². The van der Waals surface area contributed by atoms with Crippen LogP contribution < -0.4 is 0 Å². The summed E-state index contributed by atoms with van der Waals surface area (Å²) in [5.74, 6) is -0.428. The Balaban J connectivity index is 1.98. The molecule has 1 aromatic carbocycles. The first-order valence-electron chi connectivity index (χ1n) is 8.20. The van der Waals surface area contributed by atoms with Gasteiger partial charge < -0.3 is 9.84 Å². The Morgan fingerprint density at radius 1 is 1.29 bits per heavy atom. The van der Waals surface area contributed by atoms with E-state index in [2.05, 4.69) is 0 Å². The Bertz CT molecular complexity index is 682. The van der Waals surface area contributed by atoms with E-state index < -0.39 is 11.6 Å². The zero-order valence-electron chi connectivity index (χ0n) is 14.2. The van der Waals surface area contributed by atoms with Gasteiger partial charge in [-0.1, -0.05) is 11.6 Å². The molecular weight excluding hydrogens is 330 g/mol. The lowest BCUT2D eigenvalue weighted by Gasteiger charge is -2.37. The van der Waals surface area contributed by atoms with Gasteiger partial charge in [0.1, 0.15) is 5.57 Å². The number of aliphatic hydroxyl groups excluding tert-OH is 1. The zero-order valence-corrected chi connectivity index (χ0v) is 14.9. The Kier molecular flexibility index (Phi) is 4.60. The van der Waals surface area contributed by atoms with Gasteiger partial charge in [-0.15, -0.1) is 0 Å². The summed E-state index contributed by atoms with van der Waals surface area (Å²) in [6, 6.07) is 3.58. The third kappa shape index (κ3) is 2.81. The monoisotopic (exact) mass is 351 g/mol. The molecule has 24 heavy (non-hydrogen) atoms. The van der Waals surface area contributed by atoms with Gasteiger partial charge in [0.25, 0.3) is 0 Å². The minimum Gasteiger partial charge on any atom is -0.507 e. The van der Waals surface area contributed by atoms with Crippen molar-refractivity contribution in [1.82, 2.24) is 5.06 Å². The van der Waals surface area contributed by atoms with Gasteiger partial charge in [-0.05, 0) is 49.6 Å². The maximum Gasteiger partial charge on any atom is 0.343 e. The highest BCUT2D eigenvalue weighted by molar-refractivity contribution is 6.31. The minimum absolute atomic E-state index is 0.0390. The Labute approximate surface area is 146 Å². The van der Waals surface area contributed by atoms with Gasteiger partial charge in [-0.25, -0.2) is 4.79 Å². The first kappa shape index (κ1) is 17.3. The summed E-state index contributed by atoms with van der Waals surface area (Å²) in [6.45, 7) is 7.51. The van der Waals surface area contributed by atoms with Crippen LogP contribution in [-0.4, -0.2) is 41.4 Å². The molecule has 1 N–H and O–H groups in total. The number of ether oxygens (including phenoxy) is 1. The molecule has 0 amide bonds. The Hall–Kier alpha value is -1.56. The molecule has 1 aromatic rings. The number of hydroxylamine groups is 2. The van der Waals surface area contributed by atoms with E-state index >= 15 is 0 Å². The number of aliphatic hydroxyl groups is 1. The van der Waals surface area contributed by atoms with E-state index in [9.17, 15) is 9.90 Å². The molecule has 1 saturated heterocycles. The maximum atomic E-state index is 12.5. The molecule has 1 fully saturated rings. The number of carbonyl (C=O) groups excluding carboxylic acids is 1. The number of hydrogen-bond acceptors (Lipinski definition) is 5. The van der Waals surface area contributed by atoms with E-state index in [1.165, 1.54) is 0 Å². The van der Waals surface area contributed by atoms with E-state index in [0.29, 0.717) is 43.1 Å². The molecule has 2 aliphatic rings. The topological polar surface area (TPSA) is 59.0 Å². The van der Waals surface area contributed by atoms with Crippen molar-refractivity contribution in [2.45, 2.75) is 39.2 Å². The Morgan fingerprint density at radius 2 is 1.88 bits per heavy atom. The number of aryl methyl sites for hydroxylation is 2. The van der Waals surface area contributed by atoms with Crippen LogP contribution in [0.3, 0.4) is 0 Å². The molecule has 0 bridgehead atoms. The number of piperidine rings is 1. The number of hydrogen-bond donors (Lipinski definition) is 1. The van der Waals surface area contributed by atoms with Crippen molar-refractivity contribution >= 4 is 23.1 Å². The summed E-state index contributed by atoms with van der Waals surface area (Å²) >= 11 is 6.08. The lowest BCUT2D eigenvalue weighted by Crippen LogP contribution is -2.45.